The highest BCUT2D eigenvalue weighted by atomic mass is 16.2. The normalized spacial score (nSPS) is 13.2. The molecule has 0 radical (unpaired) electrons. The molecule has 18 heavy (non-hydrogen) atoms. The van der Waals surface area contributed by atoms with Crippen molar-refractivity contribution < 1.29 is 4.79 Å². The topological polar surface area (TPSA) is 46.3 Å². The molecule has 1 rings (SSSR count). The van der Waals surface area contributed by atoms with Gasteiger partial charge in [0.2, 0.25) is 5.91 Å². The van der Waals surface area contributed by atoms with Gasteiger partial charge < -0.3 is 10.6 Å². The van der Waals surface area contributed by atoms with Crippen molar-refractivity contribution in [3.8, 4) is 0 Å². The molecule has 3 heteroatoms. The molecule has 0 spiro atoms. The predicted octanol–water partition coefficient (Wildman–Crippen LogP) is 2.41. The van der Waals surface area contributed by atoms with Crippen molar-refractivity contribution in [2.24, 2.45) is 11.1 Å². The minimum atomic E-state index is -0.108. The lowest BCUT2D eigenvalue weighted by molar-refractivity contribution is -0.131. The summed E-state index contributed by atoms with van der Waals surface area (Å²) in [6.45, 7) is 6.81. The van der Waals surface area contributed by atoms with Gasteiger partial charge in [0.25, 0.3) is 0 Å². The van der Waals surface area contributed by atoms with E-state index in [-0.39, 0.29) is 17.4 Å². The number of hydrogen-bond acceptors (Lipinski definition) is 2. The molecule has 0 bridgehead atoms. The second-order valence-electron chi connectivity index (χ2n) is 5.91. The van der Waals surface area contributed by atoms with Crippen LogP contribution in [0.25, 0.3) is 0 Å². The number of hydrogen-bond donors (Lipinski definition) is 1. The maximum Gasteiger partial charge on any atom is 0.224 e. The van der Waals surface area contributed by atoms with Crippen LogP contribution in [-0.2, 0) is 11.3 Å². The van der Waals surface area contributed by atoms with E-state index in [1.807, 2.05) is 37.4 Å². The molecule has 1 unspecified atom stereocenters. The average molecular weight is 248 g/mol. The maximum absolute atomic E-state index is 12.1. The Balaban J connectivity index is 2.52. The standard InChI is InChI=1S/C15H24N2O/c1-15(2,3)13(16)10-14(18)17(4)11-12-8-6-5-7-9-12/h5-9,13H,10-11,16H2,1-4H3. The van der Waals surface area contributed by atoms with Crippen molar-refractivity contribution in [2.45, 2.75) is 39.8 Å². The second kappa shape index (κ2) is 6.01. The fraction of sp³-hybridized carbons (Fsp3) is 0.533. The molecule has 1 amide bonds. The second-order valence-corrected chi connectivity index (χ2v) is 5.91. The van der Waals surface area contributed by atoms with Crippen LogP contribution in [0.4, 0.5) is 0 Å². The lowest BCUT2D eigenvalue weighted by Crippen LogP contribution is -2.40. The first-order chi connectivity index (χ1) is 8.30. The SMILES string of the molecule is CN(Cc1ccccc1)C(=O)CC(N)C(C)(C)C. The van der Waals surface area contributed by atoms with E-state index >= 15 is 0 Å². The highest BCUT2D eigenvalue weighted by Gasteiger charge is 2.24. The van der Waals surface area contributed by atoms with Gasteiger partial charge in [0.1, 0.15) is 0 Å². The van der Waals surface area contributed by atoms with E-state index in [9.17, 15) is 4.79 Å². The van der Waals surface area contributed by atoms with Crippen LogP contribution in [0.5, 0.6) is 0 Å². The number of nitrogens with two attached hydrogens (primary N) is 1. The Kier molecular flexibility index (Phi) is 4.91. The number of nitrogens with zero attached hydrogens (tertiary/aromatic N) is 1. The van der Waals surface area contributed by atoms with Gasteiger partial charge in [0, 0.05) is 26.1 Å². The average Bonchev–Trinajstić information content (AvgIpc) is 2.28. The first-order valence-corrected chi connectivity index (χ1v) is 6.34. The molecule has 0 fully saturated rings. The van der Waals surface area contributed by atoms with Gasteiger partial charge in [-0.25, -0.2) is 0 Å². The third kappa shape index (κ3) is 4.49. The number of amides is 1. The van der Waals surface area contributed by atoms with Crippen LogP contribution in [0.3, 0.4) is 0 Å². The Hall–Kier alpha value is -1.35. The molecule has 0 saturated carbocycles. The number of carbonyl (C=O) groups is 1. The van der Waals surface area contributed by atoms with E-state index in [0.29, 0.717) is 13.0 Å². The fourth-order valence-corrected chi connectivity index (χ4v) is 1.60. The quantitative estimate of drug-likeness (QED) is 0.889. The van der Waals surface area contributed by atoms with E-state index in [4.69, 9.17) is 5.73 Å². The Morgan fingerprint density at radius 3 is 2.33 bits per heavy atom. The summed E-state index contributed by atoms with van der Waals surface area (Å²) in [6, 6.07) is 9.87. The van der Waals surface area contributed by atoms with Crippen molar-refractivity contribution in [3.63, 3.8) is 0 Å². The predicted molar refractivity (Wildman–Crippen MR) is 75.0 cm³/mol. The van der Waals surface area contributed by atoms with Gasteiger partial charge in [-0.1, -0.05) is 51.1 Å². The molecule has 0 saturated heterocycles. The first-order valence-electron chi connectivity index (χ1n) is 6.34. The monoisotopic (exact) mass is 248 g/mol. The van der Waals surface area contributed by atoms with Crippen molar-refractivity contribution in [3.05, 3.63) is 35.9 Å². The van der Waals surface area contributed by atoms with Crippen LogP contribution < -0.4 is 5.73 Å². The Bertz CT molecular complexity index is 381. The Morgan fingerprint density at radius 1 is 1.28 bits per heavy atom. The third-order valence-corrected chi connectivity index (χ3v) is 3.20. The highest BCUT2D eigenvalue weighted by molar-refractivity contribution is 5.76. The summed E-state index contributed by atoms with van der Waals surface area (Å²) in [6.07, 6.45) is 0.396. The van der Waals surface area contributed by atoms with E-state index < -0.39 is 0 Å². The molecule has 1 atom stereocenters. The van der Waals surface area contributed by atoms with E-state index in [0.717, 1.165) is 5.56 Å². The van der Waals surface area contributed by atoms with Gasteiger partial charge >= 0.3 is 0 Å². The summed E-state index contributed by atoms with van der Waals surface area (Å²) in [4.78, 5) is 13.8. The largest absolute Gasteiger partial charge is 0.341 e. The van der Waals surface area contributed by atoms with Crippen LogP contribution >= 0.6 is 0 Å². The van der Waals surface area contributed by atoms with Crippen LogP contribution in [0.2, 0.25) is 0 Å². The Morgan fingerprint density at radius 2 is 1.83 bits per heavy atom. The minimum absolute atomic E-state index is 0.0384. The molecule has 2 N–H and O–H groups in total. The van der Waals surface area contributed by atoms with Crippen LogP contribution in [0.15, 0.2) is 30.3 Å². The molecule has 0 aromatic heterocycles. The summed E-state index contributed by atoms with van der Waals surface area (Å²) in [5, 5.41) is 0. The summed E-state index contributed by atoms with van der Waals surface area (Å²) in [5.74, 6) is 0.0984. The summed E-state index contributed by atoms with van der Waals surface area (Å²) < 4.78 is 0. The van der Waals surface area contributed by atoms with Gasteiger partial charge in [-0.3, -0.25) is 4.79 Å². The zero-order valence-electron chi connectivity index (χ0n) is 11.8. The molecule has 0 aliphatic carbocycles. The molecular formula is C15H24N2O. The van der Waals surface area contributed by atoms with E-state index in [1.54, 1.807) is 4.90 Å². The minimum Gasteiger partial charge on any atom is -0.341 e. The van der Waals surface area contributed by atoms with Gasteiger partial charge in [-0.05, 0) is 11.0 Å². The fourth-order valence-electron chi connectivity index (χ4n) is 1.60. The van der Waals surface area contributed by atoms with Gasteiger partial charge in [0.05, 0.1) is 0 Å². The molecule has 0 aliphatic heterocycles. The first kappa shape index (κ1) is 14.7. The maximum atomic E-state index is 12.1. The smallest absolute Gasteiger partial charge is 0.224 e. The van der Waals surface area contributed by atoms with Crippen LogP contribution in [-0.4, -0.2) is 23.9 Å². The van der Waals surface area contributed by atoms with E-state index in [1.165, 1.54) is 0 Å². The summed E-state index contributed by atoms with van der Waals surface area (Å²) in [7, 11) is 1.82. The molecule has 100 valence electrons. The van der Waals surface area contributed by atoms with E-state index in [2.05, 4.69) is 20.8 Å². The number of rotatable bonds is 4. The van der Waals surface area contributed by atoms with Crippen molar-refractivity contribution >= 4 is 5.91 Å². The summed E-state index contributed by atoms with van der Waals surface area (Å²) in [5.41, 5.74) is 7.13. The molecular weight excluding hydrogens is 224 g/mol. The van der Waals surface area contributed by atoms with Crippen LogP contribution in [0, 0.1) is 5.41 Å². The van der Waals surface area contributed by atoms with Gasteiger partial charge in [-0.2, -0.15) is 0 Å². The highest BCUT2D eigenvalue weighted by Crippen LogP contribution is 2.20. The zero-order chi connectivity index (χ0) is 13.8. The lowest BCUT2D eigenvalue weighted by Gasteiger charge is -2.28. The summed E-state index contributed by atoms with van der Waals surface area (Å²) >= 11 is 0. The lowest BCUT2D eigenvalue weighted by atomic mass is 9.85. The molecule has 0 heterocycles. The molecule has 1 aromatic carbocycles. The van der Waals surface area contributed by atoms with Crippen molar-refractivity contribution in [1.29, 1.82) is 0 Å². The third-order valence-electron chi connectivity index (χ3n) is 3.20. The molecule has 1 aromatic rings. The van der Waals surface area contributed by atoms with Crippen molar-refractivity contribution in [1.82, 2.24) is 4.90 Å². The van der Waals surface area contributed by atoms with Gasteiger partial charge in [-0.15, -0.1) is 0 Å². The Labute approximate surface area is 110 Å². The molecule has 0 aliphatic rings. The number of benzene rings is 1. The van der Waals surface area contributed by atoms with Crippen molar-refractivity contribution in [2.75, 3.05) is 7.05 Å². The zero-order valence-corrected chi connectivity index (χ0v) is 11.8. The van der Waals surface area contributed by atoms with Gasteiger partial charge in [0.15, 0.2) is 0 Å². The van der Waals surface area contributed by atoms with Crippen LogP contribution in [0.1, 0.15) is 32.8 Å². The number of carbonyl (C=O) groups excluding carboxylic acids is 1. The molecule has 3 nitrogen and oxygen atoms in total.